The first kappa shape index (κ1) is 18.8. The molecule has 5 nitrogen and oxygen atoms in total. The number of nitrogens with one attached hydrogen (secondary N) is 2. The van der Waals surface area contributed by atoms with Crippen LogP contribution in [0, 0.1) is 0 Å². The van der Waals surface area contributed by atoms with Crippen molar-refractivity contribution in [2.24, 2.45) is 0 Å². The van der Waals surface area contributed by atoms with Crippen LogP contribution in [0.5, 0.6) is 0 Å². The Hall–Kier alpha value is -2.49. The smallest absolute Gasteiger partial charge is 0.339 e. The second-order valence-electron chi connectivity index (χ2n) is 4.93. The van der Waals surface area contributed by atoms with E-state index < -0.39 is 15.8 Å². The number of amides is 1. The molecule has 25 heavy (non-hydrogen) atoms. The highest BCUT2D eigenvalue weighted by molar-refractivity contribution is 14.1. The number of anilines is 3. The Morgan fingerprint density at radius 3 is 2.40 bits per heavy atom. The van der Waals surface area contributed by atoms with Crippen LogP contribution in [0.25, 0.3) is 0 Å². The fraction of sp³-hybridized carbons (Fsp3) is 0.0588. The Bertz CT molecular complexity index is 835. The zero-order valence-electron chi connectivity index (χ0n) is 12.7. The number of carboxylic acid groups (broad SMARTS) is 1. The van der Waals surface area contributed by atoms with Crippen molar-refractivity contribution in [1.29, 1.82) is 0 Å². The number of hydrogen-bond donors (Lipinski definition) is 3. The van der Waals surface area contributed by atoms with Gasteiger partial charge in [0, 0.05) is 33.8 Å². The quantitative estimate of drug-likeness (QED) is 0.332. The van der Waals surface area contributed by atoms with Crippen LogP contribution in [-0.4, -0.2) is 17.0 Å². The van der Waals surface area contributed by atoms with Gasteiger partial charge in [-0.25, -0.2) is 4.79 Å². The Morgan fingerprint density at radius 2 is 1.80 bits per heavy atom. The van der Waals surface area contributed by atoms with E-state index in [0.29, 0.717) is 5.69 Å². The van der Waals surface area contributed by atoms with E-state index in [9.17, 15) is 23.5 Å². The Kier molecular flexibility index (Phi) is 5.73. The highest BCUT2D eigenvalue weighted by Crippen LogP contribution is 2.37. The molecule has 8 heteroatoms. The van der Waals surface area contributed by atoms with Gasteiger partial charge in [0.25, 0.3) is 0 Å². The third-order valence-electron chi connectivity index (χ3n) is 3.19. The summed E-state index contributed by atoms with van der Waals surface area (Å²) in [7, 11) is 0. The highest BCUT2D eigenvalue weighted by Gasteiger charge is 2.27. The van der Waals surface area contributed by atoms with E-state index in [1.54, 1.807) is 0 Å². The first-order chi connectivity index (χ1) is 11.7. The third-order valence-corrected chi connectivity index (χ3v) is 3.81. The van der Waals surface area contributed by atoms with E-state index in [2.05, 4.69) is 17.2 Å². The fourth-order valence-electron chi connectivity index (χ4n) is 2.10. The molecule has 0 aliphatic carbocycles. The monoisotopic (exact) mass is 458 g/mol. The Morgan fingerprint density at radius 1 is 1.16 bits per heavy atom. The van der Waals surface area contributed by atoms with Crippen molar-refractivity contribution in [3.63, 3.8) is 0 Å². The molecule has 0 atom stereocenters. The standard InChI is InChI=1S/C17H13F2IN2O3/c1-2-14(23)22-13-8-4-7-12(15(13)16(24)25)21-11-6-3-5-10(9-11)17(18,19)20/h2-9,21H,1H2,(H,22,23)(H,24,25). The first-order valence-electron chi connectivity index (χ1n) is 6.96. The van der Waals surface area contributed by atoms with Gasteiger partial charge in [-0.05, 0) is 30.3 Å². The van der Waals surface area contributed by atoms with Gasteiger partial charge in [0.1, 0.15) is 5.56 Å². The van der Waals surface area contributed by atoms with Crippen LogP contribution in [0.2, 0.25) is 0 Å². The van der Waals surface area contributed by atoms with Gasteiger partial charge in [-0.3, -0.25) is 4.79 Å². The topological polar surface area (TPSA) is 78.4 Å². The molecule has 0 saturated heterocycles. The normalized spacial score (nSPS) is 10.8. The number of carboxylic acids is 1. The minimum absolute atomic E-state index is 0.0674. The number of carbonyl (C=O) groups is 2. The summed E-state index contributed by atoms with van der Waals surface area (Å²) in [6, 6.07) is 9.90. The van der Waals surface area contributed by atoms with Crippen LogP contribution < -0.4 is 10.6 Å². The summed E-state index contributed by atoms with van der Waals surface area (Å²) in [4.78, 5) is 23.0. The summed E-state index contributed by atoms with van der Waals surface area (Å²) in [5.74, 6) is -1.84. The molecule has 2 aromatic rings. The minimum atomic E-state index is -3.05. The van der Waals surface area contributed by atoms with Crippen LogP contribution >= 0.6 is 22.6 Å². The van der Waals surface area contributed by atoms with E-state index in [-0.39, 0.29) is 22.5 Å². The summed E-state index contributed by atoms with van der Waals surface area (Å²) >= 11 is 1.02. The van der Waals surface area contributed by atoms with Crippen molar-refractivity contribution in [3.05, 3.63) is 66.2 Å². The highest BCUT2D eigenvalue weighted by atomic mass is 127. The molecule has 0 saturated carbocycles. The fourth-order valence-corrected chi connectivity index (χ4v) is 2.44. The number of alkyl halides is 3. The molecular formula is C17H13F2IN2O3. The zero-order valence-corrected chi connectivity index (χ0v) is 14.9. The summed E-state index contributed by atoms with van der Waals surface area (Å²) in [5, 5.41) is 14.7. The van der Waals surface area contributed by atoms with Crippen molar-refractivity contribution < 1.29 is 23.5 Å². The number of benzene rings is 2. The van der Waals surface area contributed by atoms with Gasteiger partial charge in [-0.15, -0.1) is 0 Å². The predicted molar refractivity (Wildman–Crippen MR) is 99.9 cm³/mol. The second kappa shape index (κ2) is 7.60. The SMILES string of the molecule is C=CC(=O)Nc1cccc(Nc2cccc(C(F)(F)I)c2)c1C(=O)O. The van der Waals surface area contributed by atoms with Gasteiger partial charge in [-0.2, -0.15) is 8.78 Å². The van der Waals surface area contributed by atoms with Crippen LogP contribution in [0.1, 0.15) is 15.9 Å². The largest absolute Gasteiger partial charge is 0.478 e. The molecule has 0 heterocycles. The van der Waals surface area contributed by atoms with Gasteiger partial charge in [0.15, 0.2) is 0 Å². The maximum Gasteiger partial charge on any atom is 0.339 e. The maximum absolute atomic E-state index is 13.4. The second-order valence-corrected chi connectivity index (χ2v) is 6.29. The molecule has 0 radical (unpaired) electrons. The molecule has 130 valence electrons. The molecule has 0 fully saturated rings. The van der Waals surface area contributed by atoms with Crippen LogP contribution in [0.3, 0.4) is 0 Å². The van der Waals surface area contributed by atoms with Gasteiger partial charge < -0.3 is 15.7 Å². The first-order valence-corrected chi connectivity index (χ1v) is 8.04. The van der Waals surface area contributed by atoms with Crippen molar-refractivity contribution in [2.45, 2.75) is 3.93 Å². The van der Waals surface area contributed by atoms with E-state index >= 15 is 0 Å². The lowest BCUT2D eigenvalue weighted by atomic mass is 10.1. The number of halogens is 3. The van der Waals surface area contributed by atoms with Crippen molar-refractivity contribution >= 4 is 51.5 Å². The number of rotatable bonds is 6. The summed E-state index contributed by atoms with van der Waals surface area (Å²) in [5.41, 5.74) is 0.111. The van der Waals surface area contributed by atoms with Crippen LogP contribution in [0.4, 0.5) is 25.8 Å². The lowest BCUT2D eigenvalue weighted by Gasteiger charge is -2.15. The molecule has 0 unspecified atom stereocenters. The number of hydrogen-bond acceptors (Lipinski definition) is 3. The molecule has 3 N–H and O–H groups in total. The molecule has 0 aromatic heterocycles. The number of carbonyl (C=O) groups excluding carboxylic acids is 1. The van der Waals surface area contributed by atoms with E-state index in [4.69, 9.17) is 0 Å². The molecule has 2 rings (SSSR count). The average Bonchev–Trinajstić information content (AvgIpc) is 2.54. The van der Waals surface area contributed by atoms with Gasteiger partial charge in [0.05, 0.1) is 11.4 Å². The molecule has 2 aromatic carbocycles. The lowest BCUT2D eigenvalue weighted by molar-refractivity contribution is -0.111. The summed E-state index contributed by atoms with van der Waals surface area (Å²) < 4.78 is 23.8. The third kappa shape index (κ3) is 4.75. The molecular weight excluding hydrogens is 445 g/mol. The van der Waals surface area contributed by atoms with E-state index in [1.165, 1.54) is 42.5 Å². The van der Waals surface area contributed by atoms with E-state index in [0.717, 1.165) is 28.7 Å². The lowest BCUT2D eigenvalue weighted by Crippen LogP contribution is -2.13. The molecule has 0 aliphatic rings. The zero-order chi connectivity index (χ0) is 18.6. The maximum atomic E-state index is 13.4. The van der Waals surface area contributed by atoms with Gasteiger partial charge in [-0.1, -0.05) is 24.8 Å². The van der Waals surface area contributed by atoms with Gasteiger partial charge >= 0.3 is 9.90 Å². The molecule has 0 bridgehead atoms. The van der Waals surface area contributed by atoms with E-state index in [1.807, 2.05) is 0 Å². The minimum Gasteiger partial charge on any atom is -0.478 e. The average molecular weight is 458 g/mol. The summed E-state index contributed by atoms with van der Waals surface area (Å²) in [6.07, 6.45) is 1.01. The number of aromatic carboxylic acids is 1. The molecule has 1 amide bonds. The van der Waals surface area contributed by atoms with Crippen LogP contribution in [0.15, 0.2) is 55.1 Å². The summed E-state index contributed by atoms with van der Waals surface area (Å²) in [6.45, 7) is 3.31. The molecule has 0 spiro atoms. The Labute approximate surface area is 155 Å². The molecule has 0 aliphatic heterocycles. The van der Waals surface area contributed by atoms with Crippen molar-refractivity contribution in [1.82, 2.24) is 0 Å². The Balaban J connectivity index is 2.43. The van der Waals surface area contributed by atoms with Crippen LogP contribution in [-0.2, 0) is 8.72 Å². The predicted octanol–water partition coefficient (Wildman–Crippen LogP) is 4.74. The van der Waals surface area contributed by atoms with Crippen molar-refractivity contribution in [3.8, 4) is 0 Å². The van der Waals surface area contributed by atoms with Crippen molar-refractivity contribution in [2.75, 3.05) is 10.6 Å². The van der Waals surface area contributed by atoms with Gasteiger partial charge in [0.2, 0.25) is 5.91 Å².